The van der Waals surface area contributed by atoms with Gasteiger partial charge in [-0.3, -0.25) is 0 Å². The van der Waals surface area contributed by atoms with Gasteiger partial charge in [0.25, 0.3) is 0 Å². The van der Waals surface area contributed by atoms with Crippen molar-refractivity contribution in [3.63, 3.8) is 0 Å². The minimum absolute atomic E-state index is 0.144. The maximum atomic E-state index is 13.0. The van der Waals surface area contributed by atoms with Crippen molar-refractivity contribution in [1.82, 2.24) is 14.8 Å². The molecular formula is C24H32N4O3S. The fourth-order valence-corrected chi connectivity index (χ4v) is 4.31. The van der Waals surface area contributed by atoms with E-state index in [0.29, 0.717) is 29.0 Å². The Balaban J connectivity index is 1.99. The number of carbonyl (C=O) groups excluding carboxylic acids is 1. The number of unbranched alkanes of at least 4 members (excludes halogenated alkanes) is 2. The van der Waals surface area contributed by atoms with Crippen LogP contribution in [0, 0.1) is 0 Å². The van der Waals surface area contributed by atoms with Crippen LogP contribution in [0.2, 0.25) is 0 Å². The van der Waals surface area contributed by atoms with Gasteiger partial charge in [-0.25, -0.2) is 9.48 Å². The average molecular weight is 457 g/mol. The van der Waals surface area contributed by atoms with E-state index in [1.54, 1.807) is 22.5 Å². The van der Waals surface area contributed by atoms with E-state index in [4.69, 9.17) is 14.6 Å². The largest absolute Gasteiger partial charge is 0.494 e. The highest BCUT2D eigenvalue weighted by atomic mass is 32.2. The standard InChI is InChI=1S/C24H32N4O3S/c1-5-8-14-30-19-12-10-11-18(16-19)21-20(22(29)31-13-7-3)17(4)25-23-26-24(27-28(21)23)32-15-9-6-2/h7,10-12,16,21H,3,5-6,8-9,13-15H2,1-2,4H3,(H,25,26,27). The number of thioether (sulfide) groups is 1. The van der Waals surface area contributed by atoms with Crippen molar-refractivity contribution in [3.05, 3.63) is 53.8 Å². The van der Waals surface area contributed by atoms with Crippen LogP contribution in [0.15, 0.2) is 53.3 Å². The zero-order chi connectivity index (χ0) is 22.9. The number of nitrogens with one attached hydrogen (secondary N) is 1. The van der Waals surface area contributed by atoms with E-state index in [1.807, 2.05) is 31.2 Å². The van der Waals surface area contributed by atoms with E-state index >= 15 is 0 Å². The highest BCUT2D eigenvalue weighted by molar-refractivity contribution is 7.99. The third-order valence-corrected chi connectivity index (χ3v) is 5.98. The maximum Gasteiger partial charge on any atom is 0.338 e. The quantitative estimate of drug-likeness (QED) is 0.199. The van der Waals surface area contributed by atoms with Crippen molar-refractivity contribution in [2.45, 2.75) is 57.7 Å². The number of allylic oxidation sites excluding steroid dienone is 1. The average Bonchev–Trinajstić information content (AvgIpc) is 3.19. The highest BCUT2D eigenvalue weighted by Crippen LogP contribution is 2.37. The first-order valence-corrected chi connectivity index (χ1v) is 12.2. The molecule has 172 valence electrons. The predicted octanol–water partition coefficient (Wildman–Crippen LogP) is 5.37. The van der Waals surface area contributed by atoms with Gasteiger partial charge in [-0.05, 0) is 37.5 Å². The summed E-state index contributed by atoms with van der Waals surface area (Å²) in [7, 11) is 0. The summed E-state index contributed by atoms with van der Waals surface area (Å²) in [5.41, 5.74) is 2.09. The zero-order valence-electron chi connectivity index (χ0n) is 19.1. The van der Waals surface area contributed by atoms with Crippen LogP contribution in [0.25, 0.3) is 0 Å². The Morgan fingerprint density at radius 1 is 1.31 bits per heavy atom. The van der Waals surface area contributed by atoms with Gasteiger partial charge in [0.15, 0.2) is 0 Å². The summed E-state index contributed by atoms with van der Waals surface area (Å²) in [5, 5.41) is 8.66. The van der Waals surface area contributed by atoms with Crippen LogP contribution in [-0.4, -0.2) is 39.7 Å². The molecule has 1 atom stereocenters. The lowest BCUT2D eigenvalue weighted by atomic mass is 9.95. The van der Waals surface area contributed by atoms with Gasteiger partial charge in [0.05, 0.1) is 12.2 Å². The van der Waals surface area contributed by atoms with Crippen molar-refractivity contribution in [2.75, 3.05) is 24.3 Å². The summed E-state index contributed by atoms with van der Waals surface area (Å²) in [5.74, 6) is 1.93. The van der Waals surface area contributed by atoms with Gasteiger partial charge < -0.3 is 14.8 Å². The Labute approximate surface area is 194 Å². The molecule has 0 radical (unpaired) electrons. The number of carbonyl (C=O) groups is 1. The Morgan fingerprint density at radius 2 is 2.12 bits per heavy atom. The molecule has 1 aromatic heterocycles. The second kappa shape index (κ2) is 11.8. The molecule has 0 fully saturated rings. The Morgan fingerprint density at radius 3 is 2.88 bits per heavy atom. The maximum absolute atomic E-state index is 13.0. The fraction of sp³-hybridized carbons (Fsp3) is 0.458. The number of hydrogen-bond donors (Lipinski definition) is 1. The Bertz CT molecular complexity index is 970. The lowest BCUT2D eigenvalue weighted by Crippen LogP contribution is -2.29. The van der Waals surface area contributed by atoms with Crippen LogP contribution >= 0.6 is 11.8 Å². The minimum atomic E-state index is -0.466. The highest BCUT2D eigenvalue weighted by Gasteiger charge is 2.35. The summed E-state index contributed by atoms with van der Waals surface area (Å²) in [6.07, 6.45) is 5.83. The molecule has 0 saturated heterocycles. The van der Waals surface area contributed by atoms with E-state index in [0.717, 1.165) is 42.7 Å². The smallest absolute Gasteiger partial charge is 0.338 e. The number of aromatic nitrogens is 3. The topological polar surface area (TPSA) is 78.3 Å². The van der Waals surface area contributed by atoms with Gasteiger partial charge in [0, 0.05) is 11.4 Å². The van der Waals surface area contributed by atoms with Crippen LogP contribution in [-0.2, 0) is 9.53 Å². The number of anilines is 1. The molecule has 1 unspecified atom stereocenters. The van der Waals surface area contributed by atoms with Gasteiger partial charge >= 0.3 is 5.97 Å². The summed E-state index contributed by atoms with van der Waals surface area (Å²) in [6.45, 7) is 10.6. The van der Waals surface area contributed by atoms with Gasteiger partial charge in [0.2, 0.25) is 11.1 Å². The first-order chi connectivity index (χ1) is 15.6. The number of rotatable bonds is 12. The van der Waals surface area contributed by atoms with Gasteiger partial charge in [-0.1, -0.05) is 63.2 Å². The molecule has 0 spiro atoms. The molecule has 0 amide bonds. The molecule has 1 aliphatic heterocycles. The molecule has 0 saturated carbocycles. The minimum Gasteiger partial charge on any atom is -0.494 e. The van der Waals surface area contributed by atoms with Crippen molar-refractivity contribution in [2.24, 2.45) is 0 Å². The zero-order valence-corrected chi connectivity index (χ0v) is 19.9. The van der Waals surface area contributed by atoms with Crippen molar-refractivity contribution >= 4 is 23.7 Å². The van der Waals surface area contributed by atoms with Gasteiger partial charge in [-0.2, -0.15) is 4.98 Å². The van der Waals surface area contributed by atoms with E-state index in [1.165, 1.54) is 0 Å². The monoisotopic (exact) mass is 456 g/mol. The summed E-state index contributed by atoms with van der Waals surface area (Å²) in [4.78, 5) is 17.7. The lowest BCUT2D eigenvalue weighted by molar-refractivity contribution is -0.138. The Kier molecular flexibility index (Phi) is 8.79. The third-order valence-electron chi connectivity index (χ3n) is 5.05. The van der Waals surface area contributed by atoms with Crippen LogP contribution < -0.4 is 10.1 Å². The van der Waals surface area contributed by atoms with Crippen molar-refractivity contribution in [1.29, 1.82) is 0 Å². The molecule has 3 rings (SSSR count). The Hall–Kier alpha value is -2.74. The number of esters is 1. The van der Waals surface area contributed by atoms with Crippen LogP contribution in [0.1, 0.15) is 58.1 Å². The molecule has 8 heteroatoms. The molecule has 1 aromatic carbocycles. The molecule has 1 aliphatic rings. The molecular weight excluding hydrogens is 424 g/mol. The summed E-state index contributed by atoms with van der Waals surface area (Å²) >= 11 is 1.62. The van der Waals surface area contributed by atoms with Gasteiger partial charge in [0.1, 0.15) is 18.4 Å². The SMILES string of the molecule is C=CCOC(=O)C1=C(C)Nc2nc(SCCCC)nn2C1c1cccc(OCCCC)c1. The third kappa shape index (κ3) is 5.73. The number of nitrogens with zero attached hydrogens (tertiary/aromatic N) is 3. The number of ether oxygens (including phenoxy) is 2. The molecule has 32 heavy (non-hydrogen) atoms. The summed E-state index contributed by atoms with van der Waals surface area (Å²) < 4.78 is 13.1. The number of benzene rings is 1. The second-order valence-electron chi connectivity index (χ2n) is 7.59. The fourth-order valence-electron chi connectivity index (χ4n) is 3.39. The summed E-state index contributed by atoms with van der Waals surface area (Å²) in [6, 6.07) is 7.35. The van der Waals surface area contributed by atoms with Gasteiger partial charge in [-0.15, -0.1) is 5.10 Å². The first kappa shape index (κ1) is 23.9. The molecule has 0 aliphatic carbocycles. The molecule has 2 heterocycles. The van der Waals surface area contributed by atoms with Crippen molar-refractivity contribution < 1.29 is 14.3 Å². The van der Waals surface area contributed by atoms with Crippen molar-refractivity contribution in [3.8, 4) is 5.75 Å². The molecule has 0 bridgehead atoms. The lowest BCUT2D eigenvalue weighted by Gasteiger charge is -2.28. The predicted molar refractivity (Wildman–Crippen MR) is 128 cm³/mol. The van der Waals surface area contributed by atoms with E-state index in [2.05, 4.69) is 30.7 Å². The van der Waals surface area contributed by atoms with E-state index in [9.17, 15) is 4.79 Å². The second-order valence-corrected chi connectivity index (χ2v) is 8.65. The number of hydrogen-bond acceptors (Lipinski definition) is 7. The van der Waals surface area contributed by atoms with E-state index < -0.39 is 12.0 Å². The first-order valence-electron chi connectivity index (χ1n) is 11.2. The molecule has 1 N–H and O–H groups in total. The molecule has 7 nitrogen and oxygen atoms in total. The number of fused-ring (bicyclic) bond motifs is 1. The van der Waals surface area contributed by atoms with E-state index in [-0.39, 0.29) is 6.61 Å². The normalized spacial score (nSPS) is 15.2. The van der Waals surface area contributed by atoms with Crippen LogP contribution in [0.3, 0.4) is 0 Å². The van der Waals surface area contributed by atoms with Crippen LogP contribution in [0.4, 0.5) is 5.95 Å². The molecule has 2 aromatic rings. The van der Waals surface area contributed by atoms with Crippen LogP contribution in [0.5, 0.6) is 5.75 Å².